The van der Waals surface area contributed by atoms with Gasteiger partial charge in [-0.3, -0.25) is 0 Å². The van der Waals surface area contributed by atoms with Crippen molar-refractivity contribution >= 4 is 5.97 Å². The molecule has 4 heteroatoms. The second kappa shape index (κ2) is 7.43. The fourth-order valence-electron chi connectivity index (χ4n) is 1.95. The predicted octanol–water partition coefficient (Wildman–Crippen LogP) is 3.51. The molecule has 0 saturated carbocycles. The van der Waals surface area contributed by atoms with Gasteiger partial charge in [0.1, 0.15) is 5.75 Å². The maximum Gasteiger partial charge on any atom is 0.381 e. The molecule has 0 aromatic heterocycles. The molecule has 21 heavy (non-hydrogen) atoms. The van der Waals surface area contributed by atoms with Crippen LogP contribution in [0.5, 0.6) is 5.75 Å². The van der Waals surface area contributed by atoms with Gasteiger partial charge in [-0.25, -0.2) is 4.79 Å². The zero-order valence-corrected chi connectivity index (χ0v) is 11.8. The molecule has 1 atom stereocenters. The van der Waals surface area contributed by atoms with Crippen LogP contribution in [0.15, 0.2) is 54.6 Å². The first kappa shape index (κ1) is 15.0. The topological polar surface area (TPSA) is 35.5 Å². The van der Waals surface area contributed by atoms with Crippen molar-refractivity contribution in [2.45, 2.75) is 19.7 Å². The first-order valence-corrected chi connectivity index (χ1v) is 6.80. The number of hydrogen-bond acceptors (Lipinski definition) is 3. The van der Waals surface area contributed by atoms with Crippen LogP contribution in [0.1, 0.15) is 18.1 Å². The highest BCUT2D eigenvalue weighted by molar-refractivity contribution is 5.73. The summed E-state index contributed by atoms with van der Waals surface area (Å²) < 4.78 is 23.4. The molecule has 3 nitrogen and oxygen atoms in total. The molecule has 0 fully saturated rings. The van der Waals surface area contributed by atoms with Crippen LogP contribution in [0.4, 0.5) is 4.39 Å². The molecule has 0 bridgehead atoms. The first-order valence-electron chi connectivity index (χ1n) is 6.80. The molecule has 0 heterocycles. The molecule has 2 aromatic carbocycles. The van der Waals surface area contributed by atoms with E-state index in [1.807, 2.05) is 42.5 Å². The molecule has 2 rings (SSSR count). The molecule has 0 N–H and O–H groups in total. The molecular formula is C17H17FO3. The van der Waals surface area contributed by atoms with Crippen LogP contribution in [0.2, 0.25) is 0 Å². The van der Waals surface area contributed by atoms with E-state index in [2.05, 4.69) is 4.74 Å². The van der Waals surface area contributed by atoms with Crippen molar-refractivity contribution in [3.8, 4) is 5.75 Å². The number of para-hydroxylation sites is 1. The fourth-order valence-corrected chi connectivity index (χ4v) is 1.95. The smallest absolute Gasteiger partial charge is 0.381 e. The van der Waals surface area contributed by atoms with E-state index in [-0.39, 0.29) is 6.61 Å². The van der Waals surface area contributed by atoms with Crippen LogP contribution in [-0.2, 0) is 16.0 Å². The van der Waals surface area contributed by atoms with Gasteiger partial charge in [-0.2, -0.15) is 4.39 Å². The number of benzene rings is 2. The predicted molar refractivity (Wildman–Crippen MR) is 77.8 cm³/mol. The Labute approximate surface area is 123 Å². The van der Waals surface area contributed by atoms with Crippen molar-refractivity contribution in [2.24, 2.45) is 0 Å². The van der Waals surface area contributed by atoms with Crippen molar-refractivity contribution in [2.75, 3.05) is 6.61 Å². The van der Waals surface area contributed by atoms with Crippen LogP contribution in [-0.4, -0.2) is 18.9 Å². The summed E-state index contributed by atoms with van der Waals surface area (Å²) >= 11 is 0. The van der Waals surface area contributed by atoms with Gasteiger partial charge in [0.15, 0.2) is 0 Å². The summed E-state index contributed by atoms with van der Waals surface area (Å²) in [5.74, 6) is -0.658. The number of carbonyl (C=O) groups is 1. The number of hydrogen-bond donors (Lipinski definition) is 0. The summed E-state index contributed by atoms with van der Waals surface area (Å²) in [6, 6.07) is 16.9. The standard InChI is InChI=1S/C17H17FO3/c1-2-20-17(19)16(18)21-15-11-7-6-10-14(15)12-13-8-4-3-5-9-13/h3-11,16H,2,12H2,1H3. The van der Waals surface area contributed by atoms with E-state index in [1.165, 1.54) is 0 Å². The Morgan fingerprint density at radius 3 is 2.48 bits per heavy atom. The third-order valence-electron chi connectivity index (χ3n) is 2.91. The molecule has 0 aliphatic rings. The summed E-state index contributed by atoms with van der Waals surface area (Å²) in [6.45, 7) is 1.74. The molecular weight excluding hydrogens is 271 g/mol. The Morgan fingerprint density at radius 2 is 1.76 bits per heavy atom. The molecule has 0 aliphatic heterocycles. The van der Waals surface area contributed by atoms with Crippen LogP contribution in [0.25, 0.3) is 0 Å². The van der Waals surface area contributed by atoms with Gasteiger partial charge >= 0.3 is 12.3 Å². The Balaban J connectivity index is 2.12. The first-order chi connectivity index (χ1) is 10.2. The lowest BCUT2D eigenvalue weighted by Gasteiger charge is -2.14. The quantitative estimate of drug-likeness (QED) is 0.763. The molecule has 0 saturated heterocycles. The van der Waals surface area contributed by atoms with Crippen LogP contribution >= 0.6 is 0 Å². The van der Waals surface area contributed by atoms with Gasteiger partial charge in [-0.05, 0) is 24.1 Å². The minimum absolute atomic E-state index is 0.119. The third-order valence-corrected chi connectivity index (χ3v) is 2.91. The van der Waals surface area contributed by atoms with Crippen molar-refractivity contribution in [1.82, 2.24) is 0 Å². The Hall–Kier alpha value is -2.36. The van der Waals surface area contributed by atoms with Crippen molar-refractivity contribution in [3.63, 3.8) is 0 Å². The highest BCUT2D eigenvalue weighted by Gasteiger charge is 2.21. The van der Waals surface area contributed by atoms with Gasteiger partial charge in [0.05, 0.1) is 6.61 Å². The van der Waals surface area contributed by atoms with Crippen LogP contribution in [0, 0.1) is 0 Å². The molecule has 0 aliphatic carbocycles. The fraction of sp³-hybridized carbons (Fsp3) is 0.235. The van der Waals surface area contributed by atoms with Crippen LogP contribution < -0.4 is 4.74 Å². The Kier molecular flexibility index (Phi) is 5.32. The number of rotatable bonds is 6. The summed E-state index contributed by atoms with van der Waals surface area (Å²) in [5.41, 5.74) is 1.90. The van der Waals surface area contributed by atoms with E-state index in [1.54, 1.807) is 19.1 Å². The number of carbonyl (C=O) groups excluding carboxylic acids is 1. The SMILES string of the molecule is CCOC(=O)C(F)Oc1ccccc1Cc1ccccc1. The van der Waals surface area contributed by atoms with E-state index >= 15 is 0 Å². The summed E-state index contributed by atoms with van der Waals surface area (Å²) in [5, 5.41) is 0. The van der Waals surface area contributed by atoms with E-state index in [0.29, 0.717) is 12.2 Å². The Morgan fingerprint density at radius 1 is 1.10 bits per heavy atom. The summed E-state index contributed by atoms with van der Waals surface area (Å²) in [4.78, 5) is 11.3. The van der Waals surface area contributed by atoms with Gasteiger partial charge in [0, 0.05) is 6.42 Å². The number of halogens is 1. The number of alkyl halides is 1. The van der Waals surface area contributed by atoms with E-state index in [4.69, 9.17) is 4.74 Å². The lowest BCUT2D eigenvalue weighted by Crippen LogP contribution is -2.25. The second-order valence-corrected chi connectivity index (χ2v) is 4.46. The normalized spacial score (nSPS) is 11.7. The minimum Gasteiger partial charge on any atom is -0.461 e. The van der Waals surface area contributed by atoms with E-state index in [9.17, 15) is 9.18 Å². The largest absolute Gasteiger partial charge is 0.461 e. The molecule has 110 valence electrons. The van der Waals surface area contributed by atoms with Gasteiger partial charge in [0.25, 0.3) is 0 Å². The summed E-state index contributed by atoms with van der Waals surface area (Å²) in [6.07, 6.45) is -1.51. The lowest BCUT2D eigenvalue weighted by molar-refractivity contribution is -0.159. The zero-order chi connectivity index (χ0) is 15.1. The zero-order valence-electron chi connectivity index (χ0n) is 11.8. The maximum atomic E-state index is 13.7. The number of ether oxygens (including phenoxy) is 2. The maximum absolute atomic E-state index is 13.7. The molecule has 0 amide bonds. The average Bonchev–Trinajstić information content (AvgIpc) is 2.50. The molecule has 1 unspecified atom stereocenters. The van der Waals surface area contributed by atoms with E-state index in [0.717, 1.165) is 11.1 Å². The minimum atomic E-state index is -2.11. The van der Waals surface area contributed by atoms with Crippen molar-refractivity contribution in [3.05, 3.63) is 65.7 Å². The number of esters is 1. The van der Waals surface area contributed by atoms with Crippen molar-refractivity contribution in [1.29, 1.82) is 0 Å². The van der Waals surface area contributed by atoms with Crippen LogP contribution in [0.3, 0.4) is 0 Å². The second-order valence-electron chi connectivity index (χ2n) is 4.46. The van der Waals surface area contributed by atoms with Gasteiger partial charge in [-0.1, -0.05) is 48.5 Å². The lowest BCUT2D eigenvalue weighted by atomic mass is 10.0. The highest BCUT2D eigenvalue weighted by atomic mass is 19.1. The van der Waals surface area contributed by atoms with Gasteiger partial charge < -0.3 is 9.47 Å². The Bertz CT molecular complexity index is 584. The third kappa shape index (κ3) is 4.31. The molecule has 2 aromatic rings. The molecule has 0 radical (unpaired) electrons. The van der Waals surface area contributed by atoms with E-state index < -0.39 is 12.3 Å². The summed E-state index contributed by atoms with van der Waals surface area (Å²) in [7, 11) is 0. The highest BCUT2D eigenvalue weighted by Crippen LogP contribution is 2.23. The van der Waals surface area contributed by atoms with Gasteiger partial charge in [-0.15, -0.1) is 0 Å². The molecule has 0 spiro atoms. The van der Waals surface area contributed by atoms with Gasteiger partial charge in [0.2, 0.25) is 0 Å². The monoisotopic (exact) mass is 288 g/mol. The van der Waals surface area contributed by atoms with Crippen molar-refractivity contribution < 1.29 is 18.7 Å². The average molecular weight is 288 g/mol.